The Kier molecular flexibility index (Phi) is 9.51. The van der Waals surface area contributed by atoms with Gasteiger partial charge in [-0.1, -0.05) is 39.5 Å². The van der Waals surface area contributed by atoms with E-state index in [0.29, 0.717) is 12.1 Å². The van der Waals surface area contributed by atoms with Crippen molar-refractivity contribution >= 4 is 6.01 Å². The molecule has 0 rings (SSSR count). The summed E-state index contributed by atoms with van der Waals surface area (Å²) in [5.74, 6) is 0. The zero-order chi connectivity index (χ0) is 11.5. The summed E-state index contributed by atoms with van der Waals surface area (Å²) in [4.78, 5) is 8.59. The molecule has 0 amide bonds. The second-order valence-corrected chi connectivity index (χ2v) is 4.34. The highest BCUT2D eigenvalue weighted by molar-refractivity contribution is 5.41. The lowest BCUT2D eigenvalue weighted by Crippen LogP contribution is -1.98. The van der Waals surface area contributed by atoms with Crippen molar-refractivity contribution in [3.63, 3.8) is 0 Å². The molecule has 0 aromatic rings. The van der Waals surface area contributed by atoms with Crippen molar-refractivity contribution in [1.29, 1.82) is 0 Å². The molecule has 0 aromatic carbocycles. The Morgan fingerprint density at radius 2 is 1.27 bits per heavy atom. The second-order valence-electron chi connectivity index (χ2n) is 4.34. The second kappa shape index (κ2) is 9.92. The number of rotatable bonds is 8. The van der Waals surface area contributed by atoms with Gasteiger partial charge in [-0.15, -0.1) is 0 Å². The Labute approximate surface area is 94.9 Å². The fraction of sp³-hybridized carbons (Fsp3) is 0.923. The molecule has 0 heterocycles. The SMILES string of the molecule is CCCCC(C)N=C=NC(C)CCCC. The molecule has 2 nitrogen and oxygen atoms in total. The molecule has 0 N–H and O–H groups in total. The van der Waals surface area contributed by atoms with E-state index in [1.54, 1.807) is 0 Å². The van der Waals surface area contributed by atoms with Gasteiger partial charge in [0.15, 0.2) is 0 Å². The van der Waals surface area contributed by atoms with Crippen LogP contribution in [-0.2, 0) is 0 Å². The Morgan fingerprint density at radius 3 is 1.60 bits per heavy atom. The van der Waals surface area contributed by atoms with Crippen molar-refractivity contribution in [2.75, 3.05) is 0 Å². The molecular formula is C13H26N2. The minimum atomic E-state index is 0.382. The smallest absolute Gasteiger partial charge is 0.0898 e. The fourth-order valence-corrected chi connectivity index (χ4v) is 1.36. The summed E-state index contributed by atoms with van der Waals surface area (Å²) in [5.41, 5.74) is 0. The quantitative estimate of drug-likeness (QED) is 0.533. The monoisotopic (exact) mass is 210 g/mol. The van der Waals surface area contributed by atoms with Gasteiger partial charge in [-0.25, -0.2) is 9.98 Å². The summed E-state index contributed by atoms with van der Waals surface area (Å²) in [6.07, 6.45) is 7.29. The van der Waals surface area contributed by atoms with Gasteiger partial charge in [-0.2, -0.15) is 0 Å². The minimum absolute atomic E-state index is 0.382. The molecule has 0 bridgehead atoms. The highest BCUT2D eigenvalue weighted by Crippen LogP contribution is 2.04. The Bertz CT molecular complexity index is 175. The van der Waals surface area contributed by atoms with Crippen molar-refractivity contribution < 1.29 is 0 Å². The average Bonchev–Trinajstić information content (AvgIpc) is 2.23. The zero-order valence-electron chi connectivity index (χ0n) is 10.8. The van der Waals surface area contributed by atoms with E-state index >= 15 is 0 Å². The van der Waals surface area contributed by atoms with Crippen LogP contribution in [0.25, 0.3) is 0 Å². The summed E-state index contributed by atoms with van der Waals surface area (Å²) in [7, 11) is 0. The first kappa shape index (κ1) is 14.4. The van der Waals surface area contributed by atoms with Crippen LogP contribution in [0.2, 0.25) is 0 Å². The molecule has 0 aliphatic rings. The Morgan fingerprint density at radius 1 is 0.867 bits per heavy atom. The van der Waals surface area contributed by atoms with Gasteiger partial charge in [0, 0.05) is 0 Å². The van der Waals surface area contributed by atoms with E-state index in [1.165, 1.54) is 25.7 Å². The Balaban J connectivity index is 3.76. The van der Waals surface area contributed by atoms with E-state index in [4.69, 9.17) is 0 Å². The van der Waals surface area contributed by atoms with Crippen LogP contribution in [0.5, 0.6) is 0 Å². The van der Waals surface area contributed by atoms with E-state index in [9.17, 15) is 0 Å². The molecule has 0 aliphatic carbocycles. The maximum Gasteiger partial charge on any atom is 0.0898 e. The van der Waals surface area contributed by atoms with Gasteiger partial charge in [0.2, 0.25) is 0 Å². The summed E-state index contributed by atoms with van der Waals surface area (Å²) >= 11 is 0. The lowest BCUT2D eigenvalue weighted by atomic mass is 10.1. The van der Waals surface area contributed by atoms with E-state index in [-0.39, 0.29) is 0 Å². The highest BCUT2D eigenvalue weighted by Gasteiger charge is 1.97. The molecule has 88 valence electrons. The van der Waals surface area contributed by atoms with E-state index in [0.717, 1.165) is 12.8 Å². The molecule has 0 spiro atoms. The normalized spacial score (nSPS) is 14.1. The van der Waals surface area contributed by atoms with Gasteiger partial charge in [0.05, 0.1) is 18.1 Å². The van der Waals surface area contributed by atoms with Crippen LogP contribution < -0.4 is 0 Å². The molecule has 0 saturated heterocycles. The lowest BCUT2D eigenvalue weighted by Gasteiger charge is -2.02. The molecule has 2 atom stereocenters. The molecule has 0 saturated carbocycles. The summed E-state index contributed by atoms with van der Waals surface area (Å²) in [6, 6.07) is 3.62. The third-order valence-electron chi connectivity index (χ3n) is 2.51. The van der Waals surface area contributed by atoms with Crippen molar-refractivity contribution in [3.8, 4) is 0 Å². The van der Waals surface area contributed by atoms with Crippen molar-refractivity contribution in [2.24, 2.45) is 9.98 Å². The third kappa shape index (κ3) is 9.68. The van der Waals surface area contributed by atoms with Crippen molar-refractivity contribution in [2.45, 2.75) is 78.3 Å². The van der Waals surface area contributed by atoms with Gasteiger partial charge in [0.1, 0.15) is 0 Å². The third-order valence-corrected chi connectivity index (χ3v) is 2.51. The van der Waals surface area contributed by atoms with E-state index in [1.807, 2.05) is 0 Å². The zero-order valence-corrected chi connectivity index (χ0v) is 10.8. The van der Waals surface area contributed by atoms with Crippen molar-refractivity contribution in [1.82, 2.24) is 0 Å². The Hall–Kier alpha value is -0.620. The van der Waals surface area contributed by atoms with Gasteiger partial charge in [-0.05, 0) is 26.7 Å². The molecule has 15 heavy (non-hydrogen) atoms. The molecule has 0 aromatic heterocycles. The topological polar surface area (TPSA) is 24.7 Å². The van der Waals surface area contributed by atoms with Gasteiger partial charge in [-0.3, -0.25) is 0 Å². The van der Waals surface area contributed by atoms with Crippen LogP contribution in [0.4, 0.5) is 0 Å². The predicted molar refractivity (Wildman–Crippen MR) is 67.8 cm³/mol. The average molecular weight is 210 g/mol. The number of aliphatic imine (C=N–C) groups is 2. The summed E-state index contributed by atoms with van der Waals surface area (Å²) in [5, 5.41) is 0. The first-order chi connectivity index (χ1) is 7.20. The van der Waals surface area contributed by atoms with Crippen LogP contribution in [0, 0.1) is 0 Å². The van der Waals surface area contributed by atoms with Crippen LogP contribution in [0.3, 0.4) is 0 Å². The number of unbranched alkanes of at least 4 members (excludes halogenated alkanes) is 2. The standard InChI is InChI=1S/C13H26N2/c1-5-7-9-12(3)14-11-15-13(4)10-8-6-2/h12-13H,5-10H2,1-4H3. The lowest BCUT2D eigenvalue weighted by molar-refractivity contribution is 0.610. The summed E-state index contributed by atoms with van der Waals surface area (Å²) < 4.78 is 0. The van der Waals surface area contributed by atoms with Gasteiger partial charge < -0.3 is 0 Å². The maximum atomic E-state index is 4.29. The molecule has 0 radical (unpaired) electrons. The number of hydrogen-bond acceptors (Lipinski definition) is 2. The van der Waals surface area contributed by atoms with Crippen LogP contribution in [0.1, 0.15) is 66.2 Å². The van der Waals surface area contributed by atoms with Gasteiger partial charge in [0.25, 0.3) is 0 Å². The molecule has 2 heteroatoms. The summed E-state index contributed by atoms with van der Waals surface area (Å²) in [6.45, 7) is 8.68. The number of nitrogens with zero attached hydrogens (tertiary/aromatic N) is 2. The first-order valence-electron chi connectivity index (χ1n) is 6.35. The fourth-order valence-electron chi connectivity index (χ4n) is 1.36. The largest absolute Gasteiger partial charge is 0.223 e. The molecule has 0 fully saturated rings. The van der Waals surface area contributed by atoms with Crippen LogP contribution in [0.15, 0.2) is 9.98 Å². The van der Waals surface area contributed by atoms with Crippen LogP contribution >= 0.6 is 0 Å². The first-order valence-corrected chi connectivity index (χ1v) is 6.35. The van der Waals surface area contributed by atoms with Crippen LogP contribution in [-0.4, -0.2) is 18.1 Å². The van der Waals surface area contributed by atoms with Crippen molar-refractivity contribution in [3.05, 3.63) is 0 Å². The predicted octanol–water partition coefficient (Wildman–Crippen LogP) is 4.32. The number of hydrogen-bond donors (Lipinski definition) is 0. The maximum absolute atomic E-state index is 4.29. The minimum Gasteiger partial charge on any atom is -0.223 e. The molecular weight excluding hydrogens is 184 g/mol. The highest BCUT2D eigenvalue weighted by atomic mass is 14.8. The molecule has 0 aliphatic heterocycles. The van der Waals surface area contributed by atoms with E-state index < -0.39 is 0 Å². The van der Waals surface area contributed by atoms with E-state index in [2.05, 4.69) is 43.7 Å². The molecule has 2 unspecified atom stereocenters. The van der Waals surface area contributed by atoms with Gasteiger partial charge >= 0.3 is 0 Å².